The van der Waals surface area contributed by atoms with Gasteiger partial charge in [-0.3, -0.25) is 0 Å². The van der Waals surface area contributed by atoms with Crippen molar-refractivity contribution < 1.29 is 18.3 Å². The maximum atomic E-state index is 11.9. The summed E-state index contributed by atoms with van der Waals surface area (Å²) in [6.07, 6.45) is -3.00. The lowest BCUT2D eigenvalue weighted by Gasteiger charge is -2.26. The van der Waals surface area contributed by atoms with Gasteiger partial charge in [0.2, 0.25) is 0 Å². The Hall–Kier alpha value is -0.250. The number of alkyl halides is 3. The predicted octanol–water partition coefficient (Wildman–Crippen LogP) is 2.49. The highest BCUT2D eigenvalue weighted by Crippen LogP contribution is 2.33. The van der Waals surface area contributed by atoms with E-state index in [0.717, 1.165) is 6.42 Å². The predicted molar refractivity (Wildman–Crippen MR) is 38.6 cm³/mol. The summed E-state index contributed by atoms with van der Waals surface area (Å²) in [6.45, 7) is 0. The molecule has 0 heterocycles. The van der Waals surface area contributed by atoms with Crippen LogP contribution in [0.3, 0.4) is 0 Å². The van der Waals surface area contributed by atoms with Crippen molar-refractivity contribution in [3.63, 3.8) is 0 Å². The molecule has 1 rings (SSSR count). The molecule has 0 aromatic carbocycles. The average Bonchev–Trinajstić information content (AvgIpc) is 1.82. The van der Waals surface area contributed by atoms with Crippen molar-refractivity contribution in [2.24, 2.45) is 5.92 Å². The molecule has 1 aliphatic carbocycles. The second-order valence-electron chi connectivity index (χ2n) is 3.51. The van der Waals surface area contributed by atoms with Crippen molar-refractivity contribution in [3.05, 3.63) is 0 Å². The number of halogens is 3. The zero-order valence-corrected chi connectivity index (χ0v) is 6.77. The first-order valence-corrected chi connectivity index (χ1v) is 4.22. The molecule has 72 valence electrons. The first kappa shape index (κ1) is 9.84. The van der Waals surface area contributed by atoms with Gasteiger partial charge in [0.05, 0.1) is 6.10 Å². The van der Waals surface area contributed by atoms with Crippen molar-refractivity contribution >= 4 is 0 Å². The SMILES string of the molecule is OC1CCCC(CC(F)(F)F)C1. The summed E-state index contributed by atoms with van der Waals surface area (Å²) >= 11 is 0. The van der Waals surface area contributed by atoms with E-state index in [-0.39, 0.29) is 5.92 Å². The Balaban J connectivity index is 2.32. The van der Waals surface area contributed by atoms with E-state index in [1.165, 1.54) is 0 Å². The fourth-order valence-corrected chi connectivity index (χ4v) is 1.78. The van der Waals surface area contributed by atoms with Crippen molar-refractivity contribution in [3.8, 4) is 0 Å². The maximum Gasteiger partial charge on any atom is 0.389 e. The highest BCUT2D eigenvalue weighted by molar-refractivity contribution is 4.74. The number of aliphatic hydroxyl groups is 1. The van der Waals surface area contributed by atoms with Crippen molar-refractivity contribution in [1.82, 2.24) is 0 Å². The molecule has 1 N–H and O–H groups in total. The molecule has 0 aromatic heterocycles. The lowest BCUT2D eigenvalue weighted by Crippen LogP contribution is -2.24. The number of hydrogen-bond acceptors (Lipinski definition) is 1. The molecule has 12 heavy (non-hydrogen) atoms. The lowest BCUT2D eigenvalue weighted by atomic mass is 9.85. The Labute approximate surface area is 69.6 Å². The fraction of sp³-hybridized carbons (Fsp3) is 1.00. The highest BCUT2D eigenvalue weighted by atomic mass is 19.4. The van der Waals surface area contributed by atoms with E-state index in [9.17, 15) is 13.2 Å². The maximum absolute atomic E-state index is 11.9. The largest absolute Gasteiger partial charge is 0.393 e. The fourth-order valence-electron chi connectivity index (χ4n) is 1.78. The van der Waals surface area contributed by atoms with Crippen LogP contribution in [0.2, 0.25) is 0 Å². The average molecular weight is 182 g/mol. The van der Waals surface area contributed by atoms with Crippen LogP contribution >= 0.6 is 0 Å². The van der Waals surface area contributed by atoms with Gasteiger partial charge in [-0.1, -0.05) is 6.42 Å². The zero-order chi connectivity index (χ0) is 9.19. The van der Waals surface area contributed by atoms with E-state index in [1.807, 2.05) is 0 Å². The molecule has 4 heteroatoms. The van der Waals surface area contributed by atoms with Crippen LogP contribution in [0.1, 0.15) is 32.1 Å². The normalized spacial score (nSPS) is 32.0. The lowest BCUT2D eigenvalue weighted by molar-refractivity contribution is -0.148. The molecule has 0 bridgehead atoms. The molecule has 0 amide bonds. The van der Waals surface area contributed by atoms with Gasteiger partial charge in [0.1, 0.15) is 0 Å². The number of aliphatic hydroxyl groups excluding tert-OH is 1. The van der Waals surface area contributed by atoms with Crippen LogP contribution in [-0.4, -0.2) is 17.4 Å². The Morgan fingerprint density at radius 1 is 1.25 bits per heavy atom. The van der Waals surface area contributed by atoms with Gasteiger partial charge in [-0.25, -0.2) is 0 Å². The summed E-state index contributed by atoms with van der Waals surface area (Å²) in [5.41, 5.74) is 0. The summed E-state index contributed by atoms with van der Waals surface area (Å²) in [4.78, 5) is 0. The molecular formula is C8H13F3O. The summed E-state index contributed by atoms with van der Waals surface area (Å²) in [5, 5.41) is 9.11. The van der Waals surface area contributed by atoms with E-state index in [2.05, 4.69) is 0 Å². The summed E-state index contributed by atoms with van der Waals surface area (Å²) in [5.74, 6) is -0.353. The van der Waals surface area contributed by atoms with Crippen molar-refractivity contribution in [2.75, 3.05) is 0 Å². The molecule has 1 nitrogen and oxygen atoms in total. The van der Waals surface area contributed by atoms with Gasteiger partial charge in [-0.15, -0.1) is 0 Å². The van der Waals surface area contributed by atoms with Gasteiger partial charge >= 0.3 is 6.18 Å². The first-order valence-electron chi connectivity index (χ1n) is 4.22. The molecule has 0 aliphatic heterocycles. The molecule has 0 spiro atoms. The molecule has 0 radical (unpaired) electrons. The topological polar surface area (TPSA) is 20.2 Å². The second-order valence-corrected chi connectivity index (χ2v) is 3.51. The second kappa shape index (κ2) is 3.64. The third-order valence-corrected chi connectivity index (χ3v) is 2.28. The van der Waals surface area contributed by atoms with Gasteiger partial charge in [0.25, 0.3) is 0 Å². The van der Waals surface area contributed by atoms with Crippen molar-refractivity contribution in [2.45, 2.75) is 44.4 Å². The van der Waals surface area contributed by atoms with E-state index in [4.69, 9.17) is 5.11 Å². The minimum absolute atomic E-state index is 0.319. The molecule has 1 saturated carbocycles. The molecular weight excluding hydrogens is 169 g/mol. The Kier molecular flexibility index (Phi) is 2.99. The molecule has 2 atom stereocenters. The minimum Gasteiger partial charge on any atom is -0.393 e. The number of hydrogen-bond donors (Lipinski definition) is 1. The van der Waals surface area contributed by atoms with Gasteiger partial charge in [-0.2, -0.15) is 13.2 Å². The molecule has 2 unspecified atom stereocenters. The van der Waals surface area contributed by atoms with Gasteiger partial charge in [0, 0.05) is 6.42 Å². The quantitative estimate of drug-likeness (QED) is 0.660. The smallest absolute Gasteiger partial charge is 0.389 e. The standard InChI is InChI=1S/C8H13F3O/c9-8(10,11)5-6-2-1-3-7(12)4-6/h6-7,12H,1-5H2. The summed E-state index contributed by atoms with van der Waals surface area (Å²) in [6, 6.07) is 0. The Bertz CT molecular complexity index is 144. The monoisotopic (exact) mass is 182 g/mol. The van der Waals surface area contributed by atoms with Crippen LogP contribution in [0.4, 0.5) is 13.2 Å². The van der Waals surface area contributed by atoms with E-state index in [1.54, 1.807) is 0 Å². The van der Waals surface area contributed by atoms with Crippen LogP contribution in [0, 0.1) is 5.92 Å². The minimum atomic E-state index is -4.07. The van der Waals surface area contributed by atoms with Crippen LogP contribution < -0.4 is 0 Å². The van der Waals surface area contributed by atoms with Gasteiger partial charge < -0.3 is 5.11 Å². The molecule has 1 aliphatic rings. The Morgan fingerprint density at radius 2 is 1.92 bits per heavy atom. The van der Waals surface area contributed by atoms with E-state index in [0.29, 0.717) is 19.3 Å². The third kappa shape index (κ3) is 3.43. The van der Waals surface area contributed by atoms with Crippen LogP contribution in [-0.2, 0) is 0 Å². The first-order chi connectivity index (χ1) is 5.47. The van der Waals surface area contributed by atoms with Crippen LogP contribution in [0.25, 0.3) is 0 Å². The van der Waals surface area contributed by atoms with Gasteiger partial charge in [-0.05, 0) is 25.2 Å². The summed E-state index contributed by atoms with van der Waals surface area (Å²) in [7, 11) is 0. The van der Waals surface area contributed by atoms with Crippen LogP contribution in [0.15, 0.2) is 0 Å². The number of rotatable bonds is 1. The van der Waals surface area contributed by atoms with E-state index >= 15 is 0 Å². The molecule has 0 aromatic rings. The highest BCUT2D eigenvalue weighted by Gasteiger charge is 2.33. The van der Waals surface area contributed by atoms with E-state index < -0.39 is 18.7 Å². The third-order valence-electron chi connectivity index (χ3n) is 2.28. The zero-order valence-electron chi connectivity index (χ0n) is 6.77. The van der Waals surface area contributed by atoms with Crippen LogP contribution in [0.5, 0.6) is 0 Å². The summed E-state index contributed by atoms with van der Waals surface area (Å²) < 4.78 is 35.7. The Morgan fingerprint density at radius 3 is 2.42 bits per heavy atom. The molecule has 1 fully saturated rings. The van der Waals surface area contributed by atoms with Crippen molar-refractivity contribution in [1.29, 1.82) is 0 Å². The van der Waals surface area contributed by atoms with Gasteiger partial charge in [0.15, 0.2) is 0 Å². The molecule has 0 saturated heterocycles.